The predicted molar refractivity (Wildman–Crippen MR) is 65.4 cm³/mol. The summed E-state index contributed by atoms with van der Waals surface area (Å²) in [6.07, 6.45) is 0.140. The highest BCUT2D eigenvalue weighted by molar-refractivity contribution is 5.73. The molecule has 0 spiro atoms. The van der Waals surface area contributed by atoms with E-state index in [0.717, 1.165) is 11.4 Å². The molecule has 0 saturated heterocycles. The van der Waals surface area contributed by atoms with E-state index in [0.29, 0.717) is 11.7 Å². The lowest BCUT2D eigenvalue weighted by Gasteiger charge is -2.17. The minimum atomic E-state index is 0.140. The van der Waals surface area contributed by atoms with Crippen molar-refractivity contribution in [1.29, 1.82) is 0 Å². The van der Waals surface area contributed by atoms with E-state index >= 15 is 0 Å². The zero-order chi connectivity index (χ0) is 11.4. The van der Waals surface area contributed by atoms with E-state index in [1.807, 2.05) is 32.0 Å². The van der Waals surface area contributed by atoms with Gasteiger partial charge >= 0.3 is 0 Å². The molecule has 0 aromatic heterocycles. The second-order valence-electron chi connectivity index (χ2n) is 4.18. The number of hydrogen-bond donors (Lipinski definition) is 2. The quantitative estimate of drug-likeness (QED) is 0.748. The third kappa shape index (κ3) is 3.35. The Morgan fingerprint density at radius 1 is 1.20 bits per heavy atom. The molecule has 0 saturated carbocycles. The van der Waals surface area contributed by atoms with Crippen LogP contribution >= 0.6 is 0 Å². The monoisotopic (exact) mass is 208 g/mol. The first-order valence-corrected chi connectivity index (χ1v) is 5.32. The molecular formula is C12H20N2O. The molecule has 0 heterocycles. The van der Waals surface area contributed by atoms with Crippen molar-refractivity contribution < 1.29 is 4.74 Å². The van der Waals surface area contributed by atoms with Crippen molar-refractivity contribution in [3.8, 4) is 5.75 Å². The van der Waals surface area contributed by atoms with Crippen molar-refractivity contribution in [3.63, 3.8) is 0 Å². The highest BCUT2D eigenvalue weighted by Crippen LogP contribution is 2.30. The molecule has 3 heteroatoms. The first-order valence-electron chi connectivity index (χ1n) is 5.32. The van der Waals surface area contributed by atoms with E-state index in [9.17, 15) is 0 Å². The first-order chi connectivity index (χ1) is 7.00. The van der Waals surface area contributed by atoms with Gasteiger partial charge in [-0.3, -0.25) is 0 Å². The van der Waals surface area contributed by atoms with E-state index in [-0.39, 0.29) is 6.10 Å². The average molecular weight is 208 g/mol. The normalized spacial score (nSPS) is 10.8. The molecule has 0 aliphatic rings. The van der Waals surface area contributed by atoms with Gasteiger partial charge in [-0.05, 0) is 39.8 Å². The Bertz CT molecular complexity index is 293. The summed E-state index contributed by atoms with van der Waals surface area (Å²) in [4.78, 5) is 0. The first kappa shape index (κ1) is 11.7. The summed E-state index contributed by atoms with van der Waals surface area (Å²) < 4.78 is 5.60. The smallest absolute Gasteiger partial charge is 0.144 e. The molecular weight excluding hydrogens is 188 g/mol. The van der Waals surface area contributed by atoms with Gasteiger partial charge in [0.25, 0.3) is 0 Å². The second kappa shape index (κ2) is 4.91. The van der Waals surface area contributed by atoms with Crippen LogP contribution in [0, 0.1) is 0 Å². The summed E-state index contributed by atoms with van der Waals surface area (Å²) >= 11 is 0. The number of nitrogens with two attached hydrogens (primary N) is 1. The second-order valence-corrected chi connectivity index (χ2v) is 4.18. The highest BCUT2D eigenvalue weighted by atomic mass is 16.5. The van der Waals surface area contributed by atoms with Gasteiger partial charge in [0.05, 0.1) is 17.5 Å². The summed E-state index contributed by atoms with van der Waals surface area (Å²) in [6, 6.07) is 6.16. The molecule has 1 aromatic rings. The Morgan fingerprint density at radius 2 is 1.87 bits per heavy atom. The number of nitrogen functional groups attached to an aromatic ring is 1. The van der Waals surface area contributed by atoms with E-state index < -0.39 is 0 Å². The van der Waals surface area contributed by atoms with Crippen LogP contribution in [0.2, 0.25) is 0 Å². The van der Waals surface area contributed by atoms with Crippen LogP contribution < -0.4 is 15.8 Å². The standard InChI is InChI=1S/C12H20N2O/c1-8(2)14-10-6-5-7-11(12(10)13)15-9(3)4/h5-9,14H,13H2,1-4H3. The van der Waals surface area contributed by atoms with Gasteiger partial charge in [-0.2, -0.15) is 0 Å². The minimum Gasteiger partial charge on any atom is -0.489 e. The summed E-state index contributed by atoms with van der Waals surface area (Å²) in [5.74, 6) is 0.746. The molecule has 3 N–H and O–H groups in total. The molecule has 0 radical (unpaired) electrons. The van der Waals surface area contributed by atoms with Crippen LogP contribution in [0.1, 0.15) is 27.7 Å². The fourth-order valence-corrected chi connectivity index (χ4v) is 1.34. The van der Waals surface area contributed by atoms with Crippen molar-refractivity contribution >= 4 is 11.4 Å². The maximum Gasteiger partial charge on any atom is 0.144 e. The molecule has 0 aliphatic heterocycles. The molecule has 3 nitrogen and oxygen atoms in total. The Labute approximate surface area is 91.6 Å². The maximum atomic E-state index is 5.99. The molecule has 1 rings (SSSR count). The van der Waals surface area contributed by atoms with Crippen molar-refractivity contribution in [2.24, 2.45) is 0 Å². The SMILES string of the molecule is CC(C)Nc1cccc(OC(C)C)c1N. The Kier molecular flexibility index (Phi) is 3.83. The Hall–Kier alpha value is -1.38. The highest BCUT2D eigenvalue weighted by Gasteiger charge is 2.07. The van der Waals surface area contributed by atoms with Gasteiger partial charge in [0.1, 0.15) is 5.75 Å². The van der Waals surface area contributed by atoms with Gasteiger partial charge in [0.2, 0.25) is 0 Å². The summed E-state index contributed by atoms with van der Waals surface area (Å²) in [5.41, 5.74) is 7.61. The van der Waals surface area contributed by atoms with Crippen molar-refractivity contribution in [1.82, 2.24) is 0 Å². The predicted octanol–water partition coefficient (Wildman–Crippen LogP) is 2.88. The van der Waals surface area contributed by atoms with Crippen molar-refractivity contribution in [3.05, 3.63) is 18.2 Å². The minimum absolute atomic E-state index is 0.140. The van der Waals surface area contributed by atoms with Crippen LogP contribution in [0.25, 0.3) is 0 Å². The van der Waals surface area contributed by atoms with Crippen LogP contribution in [0.3, 0.4) is 0 Å². The van der Waals surface area contributed by atoms with Crippen LogP contribution in [0.15, 0.2) is 18.2 Å². The van der Waals surface area contributed by atoms with Gasteiger partial charge in [0, 0.05) is 6.04 Å². The van der Waals surface area contributed by atoms with Crippen LogP contribution in [-0.4, -0.2) is 12.1 Å². The zero-order valence-corrected chi connectivity index (χ0v) is 9.87. The van der Waals surface area contributed by atoms with Crippen LogP contribution in [-0.2, 0) is 0 Å². The van der Waals surface area contributed by atoms with Crippen LogP contribution in [0.5, 0.6) is 5.75 Å². The Morgan fingerprint density at radius 3 is 2.40 bits per heavy atom. The molecule has 1 aromatic carbocycles. The van der Waals surface area contributed by atoms with Crippen LogP contribution in [0.4, 0.5) is 11.4 Å². The number of benzene rings is 1. The van der Waals surface area contributed by atoms with E-state index in [1.54, 1.807) is 0 Å². The van der Waals surface area contributed by atoms with Gasteiger partial charge in [-0.25, -0.2) is 0 Å². The molecule has 84 valence electrons. The van der Waals surface area contributed by atoms with Crippen molar-refractivity contribution in [2.75, 3.05) is 11.1 Å². The number of para-hydroxylation sites is 1. The number of hydrogen-bond acceptors (Lipinski definition) is 3. The molecule has 0 unspecified atom stereocenters. The summed E-state index contributed by atoms with van der Waals surface area (Å²) in [7, 11) is 0. The molecule has 0 bridgehead atoms. The fourth-order valence-electron chi connectivity index (χ4n) is 1.34. The lowest BCUT2D eigenvalue weighted by molar-refractivity contribution is 0.244. The van der Waals surface area contributed by atoms with Gasteiger partial charge in [0.15, 0.2) is 0 Å². The van der Waals surface area contributed by atoms with Gasteiger partial charge in [-0.15, -0.1) is 0 Å². The molecule has 0 atom stereocenters. The lowest BCUT2D eigenvalue weighted by Crippen LogP contribution is -2.13. The van der Waals surface area contributed by atoms with E-state index in [2.05, 4.69) is 19.2 Å². The number of anilines is 2. The van der Waals surface area contributed by atoms with E-state index in [1.165, 1.54) is 0 Å². The maximum absolute atomic E-state index is 5.99. The lowest BCUT2D eigenvalue weighted by atomic mass is 10.2. The molecule has 15 heavy (non-hydrogen) atoms. The number of ether oxygens (including phenoxy) is 1. The van der Waals surface area contributed by atoms with E-state index in [4.69, 9.17) is 10.5 Å². The number of nitrogens with one attached hydrogen (secondary N) is 1. The topological polar surface area (TPSA) is 47.3 Å². The number of rotatable bonds is 4. The largest absolute Gasteiger partial charge is 0.489 e. The Balaban J connectivity index is 2.90. The summed E-state index contributed by atoms with van der Waals surface area (Å²) in [5, 5.41) is 3.28. The van der Waals surface area contributed by atoms with Gasteiger partial charge in [-0.1, -0.05) is 6.07 Å². The third-order valence-corrected chi connectivity index (χ3v) is 1.87. The van der Waals surface area contributed by atoms with Crippen molar-refractivity contribution in [2.45, 2.75) is 39.8 Å². The zero-order valence-electron chi connectivity index (χ0n) is 9.87. The third-order valence-electron chi connectivity index (χ3n) is 1.87. The average Bonchev–Trinajstić information content (AvgIpc) is 2.10. The fraction of sp³-hybridized carbons (Fsp3) is 0.500. The summed E-state index contributed by atoms with van der Waals surface area (Å²) in [6.45, 7) is 8.13. The van der Waals surface area contributed by atoms with Gasteiger partial charge < -0.3 is 15.8 Å². The molecule has 0 fully saturated rings. The molecule has 0 aliphatic carbocycles. The molecule has 0 amide bonds.